The van der Waals surface area contributed by atoms with E-state index >= 15 is 0 Å². The Bertz CT molecular complexity index is 395. The molecular formula is C13H17BrClNO. The summed E-state index contributed by atoms with van der Waals surface area (Å²) in [5, 5.41) is 0. The molecule has 0 atom stereocenters. The van der Waals surface area contributed by atoms with Crippen molar-refractivity contribution in [2.45, 2.75) is 20.3 Å². The summed E-state index contributed by atoms with van der Waals surface area (Å²) in [5.74, 6) is 0.665. The predicted octanol–water partition coefficient (Wildman–Crippen LogP) is 3.85. The standard InChI is InChI=1S/C13H17BrClNO/c1-3-16(9-5-8-15)13(17)11-6-4-7-12(14)10(11)2/h4,6-7H,3,5,8-9H2,1-2H3. The smallest absolute Gasteiger partial charge is 0.254 e. The molecule has 1 rings (SSSR count). The van der Waals surface area contributed by atoms with Gasteiger partial charge in [0.05, 0.1) is 0 Å². The van der Waals surface area contributed by atoms with Crippen LogP contribution in [0, 0.1) is 6.92 Å². The molecule has 1 aromatic carbocycles. The van der Waals surface area contributed by atoms with Crippen LogP contribution >= 0.6 is 27.5 Å². The summed E-state index contributed by atoms with van der Waals surface area (Å²) in [6, 6.07) is 5.70. The van der Waals surface area contributed by atoms with Crippen LogP contribution in [0.1, 0.15) is 29.3 Å². The van der Waals surface area contributed by atoms with Crippen LogP contribution in [0.3, 0.4) is 0 Å². The highest BCUT2D eigenvalue weighted by molar-refractivity contribution is 9.10. The van der Waals surface area contributed by atoms with Gasteiger partial charge in [-0.3, -0.25) is 4.79 Å². The summed E-state index contributed by atoms with van der Waals surface area (Å²) in [7, 11) is 0. The first-order valence-electron chi connectivity index (χ1n) is 5.72. The number of halogens is 2. The molecule has 1 aromatic rings. The third-order valence-corrected chi connectivity index (χ3v) is 3.86. The Balaban J connectivity index is 2.90. The van der Waals surface area contributed by atoms with Crippen molar-refractivity contribution in [2.75, 3.05) is 19.0 Å². The number of carbonyl (C=O) groups excluding carboxylic acids is 1. The summed E-state index contributed by atoms with van der Waals surface area (Å²) in [6.45, 7) is 5.36. The highest BCUT2D eigenvalue weighted by Crippen LogP contribution is 2.20. The molecule has 4 heteroatoms. The molecule has 0 fully saturated rings. The molecule has 0 saturated carbocycles. The van der Waals surface area contributed by atoms with E-state index in [-0.39, 0.29) is 5.91 Å². The summed E-state index contributed by atoms with van der Waals surface area (Å²) in [5.41, 5.74) is 1.75. The lowest BCUT2D eigenvalue weighted by Crippen LogP contribution is -2.32. The molecule has 0 radical (unpaired) electrons. The largest absolute Gasteiger partial charge is 0.339 e. The predicted molar refractivity (Wildman–Crippen MR) is 75.8 cm³/mol. The summed E-state index contributed by atoms with van der Waals surface area (Å²) in [4.78, 5) is 14.1. The first-order valence-corrected chi connectivity index (χ1v) is 7.05. The van der Waals surface area contributed by atoms with Crippen LogP contribution < -0.4 is 0 Å². The van der Waals surface area contributed by atoms with E-state index in [4.69, 9.17) is 11.6 Å². The number of hydrogen-bond acceptors (Lipinski definition) is 1. The van der Waals surface area contributed by atoms with Crippen LogP contribution in [0.4, 0.5) is 0 Å². The van der Waals surface area contributed by atoms with E-state index in [0.717, 1.165) is 22.0 Å². The zero-order chi connectivity index (χ0) is 12.8. The van der Waals surface area contributed by atoms with Gasteiger partial charge in [0, 0.05) is 29.0 Å². The third kappa shape index (κ3) is 3.71. The van der Waals surface area contributed by atoms with Crippen LogP contribution in [0.25, 0.3) is 0 Å². The molecule has 2 nitrogen and oxygen atoms in total. The molecule has 1 amide bonds. The van der Waals surface area contributed by atoms with Crippen molar-refractivity contribution in [1.29, 1.82) is 0 Å². The van der Waals surface area contributed by atoms with E-state index in [2.05, 4.69) is 15.9 Å². The molecule has 17 heavy (non-hydrogen) atoms. The first-order chi connectivity index (χ1) is 8.11. The van der Waals surface area contributed by atoms with Crippen LogP contribution in [0.15, 0.2) is 22.7 Å². The molecule has 0 saturated heterocycles. The average Bonchev–Trinajstić information content (AvgIpc) is 2.33. The van der Waals surface area contributed by atoms with Crippen molar-refractivity contribution >= 4 is 33.4 Å². The number of benzene rings is 1. The molecule has 0 aliphatic rings. The third-order valence-electron chi connectivity index (χ3n) is 2.73. The molecule has 0 unspecified atom stereocenters. The second kappa shape index (κ2) is 7.02. The van der Waals surface area contributed by atoms with Crippen molar-refractivity contribution in [2.24, 2.45) is 0 Å². The summed E-state index contributed by atoms with van der Waals surface area (Å²) >= 11 is 9.11. The minimum absolute atomic E-state index is 0.0800. The van der Waals surface area contributed by atoms with Crippen molar-refractivity contribution < 1.29 is 4.79 Å². The molecule has 94 valence electrons. The van der Waals surface area contributed by atoms with E-state index in [1.807, 2.05) is 36.9 Å². The van der Waals surface area contributed by atoms with E-state index in [1.165, 1.54) is 0 Å². The van der Waals surface area contributed by atoms with Gasteiger partial charge in [-0.25, -0.2) is 0 Å². The lowest BCUT2D eigenvalue weighted by molar-refractivity contribution is 0.0764. The van der Waals surface area contributed by atoms with Gasteiger partial charge in [0.2, 0.25) is 0 Å². The molecule has 0 aliphatic carbocycles. The van der Waals surface area contributed by atoms with E-state index in [1.54, 1.807) is 0 Å². The van der Waals surface area contributed by atoms with Gasteiger partial charge >= 0.3 is 0 Å². The monoisotopic (exact) mass is 317 g/mol. The number of nitrogens with zero attached hydrogens (tertiary/aromatic N) is 1. The molecular weight excluding hydrogens is 302 g/mol. The Hall–Kier alpha value is -0.540. The lowest BCUT2D eigenvalue weighted by Gasteiger charge is -2.21. The second-order valence-electron chi connectivity index (χ2n) is 3.84. The van der Waals surface area contributed by atoms with E-state index in [0.29, 0.717) is 19.0 Å². The maximum absolute atomic E-state index is 12.3. The van der Waals surface area contributed by atoms with Gasteiger partial charge in [-0.05, 0) is 38.0 Å². The van der Waals surface area contributed by atoms with Crippen molar-refractivity contribution in [3.8, 4) is 0 Å². The fourth-order valence-corrected chi connectivity index (χ4v) is 2.15. The maximum atomic E-state index is 12.3. The van der Waals surface area contributed by atoms with Gasteiger partial charge in [-0.2, -0.15) is 0 Å². The number of alkyl halides is 1. The summed E-state index contributed by atoms with van der Waals surface area (Å²) < 4.78 is 0.969. The normalized spacial score (nSPS) is 10.4. The Labute approximate surface area is 116 Å². The Morgan fingerprint density at radius 3 is 2.76 bits per heavy atom. The van der Waals surface area contributed by atoms with Gasteiger partial charge in [0.15, 0.2) is 0 Å². The van der Waals surface area contributed by atoms with Gasteiger partial charge in [-0.15, -0.1) is 11.6 Å². The summed E-state index contributed by atoms with van der Waals surface area (Å²) in [6.07, 6.45) is 0.828. The van der Waals surface area contributed by atoms with Crippen molar-refractivity contribution in [3.05, 3.63) is 33.8 Å². The van der Waals surface area contributed by atoms with E-state index in [9.17, 15) is 4.79 Å². The van der Waals surface area contributed by atoms with Crippen molar-refractivity contribution in [3.63, 3.8) is 0 Å². The van der Waals surface area contributed by atoms with Crippen LogP contribution in [0.2, 0.25) is 0 Å². The van der Waals surface area contributed by atoms with Gasteiger partial charge in [0.25, 0.3) is 5.91 Å². The molecule has 0 bridgehead atoms. The van der Waals surface area contributed by atoms with E-state index < -0.39 is 0 Å². The van der Waals surface area contributed by atoms with Crippen LogP contribution in [-0.2, 0) is 0 Å². The first kappa shape index (κ1) is 14.5. The fraction of sp³-hybridized carbons (Fsp3) is 0.462. The second-order valence-corrected chi connectivity index (χ2v) is 5.07. The molecule has 0 heterocycles. The van der Waals surface area contributed by atoms with Gasteiger partial charge < -0.3 is 4.90 Å². The number of hydrogen-bond donors (Lipinski definition) is 0. The maximum Gasteiger partial charge on any atom is 0.254 e. The highest BCUT2D eigenvalue weighted by Gasteiger charge is 2.16. The minimum Gasteiger partial charge on any atom is -0.339 e. The fourth-order valence-electron chi connectivity index (χ4n) is 1.66. The van der Waals surface area contributed by atoms with Gasteiger partial charge in [0.1, 0.15) is 0 Å². The topological polar surface area (TPSA) is 20.3 Å². The number of amides is 1. The zero-order valence-electron chi connectivity index (χ0n) is 10.2. The Morgan fingerprint density at radius 2 is 2.18 bits per heavy atom. The molecule has 0 aromatic heterocycles. The lowest BCUT2D eigenvalue weighted by atomic mass is 10.1. The van der Waals surface area contributed by atoms with Gasteiger partial charge in [-0.1, -0.05) is 22.0 Å². The molecule has 0 N–H and O–H groups in total. The molecule has 0 aliphatic heterocycles. The Kier molecular flexibility index (Phi) is 6.00. The molecule has 0 spiro atoms. The quantitative estimate of drug-likeness (QED) is 0.755. The number of rotatable bonds is 5. The van der Waals surface area contributed by atoms with Crippen LogP contribution in [0.5, 0.6) is 0 Å². The average molecular weight is 319 g/mol. The van der Waals surface area contributed by atoms with Crippen LogP contribution in [-0.4, -0.2) is 29.8 Å². The zero-order valence-corrected chi connectivity index (χ0v) is 12.5. The SMILES string of the molecule is CCN(CCCCl)C(=O)c1cccc(Br)c1C. The van der Waals surface area contributed by atoms with Crippen molar-refractivity contribution in [1.82, 2.24) is 4.90 Å². The minimum atomic E-state index is 0.0800. The Morgan fingerprint density at radius 1 is 1.47 bits per heavy atom. The number of carbonyl (C=O) groups is 1. The highest BCUT2D eigenvalue weighted by atomic mass is 79.9.